The molecule has 0 heterocycles. The highest BCUT2D eigenvalue weighted by Crippen LogP contribution is 2.25. The molecule has 0 aromatic rings. The highest BCUT2D eigenvalue weighted by molar-refractivity contribution is 4.70. The molecule has 0 fully saturated rings. The largest absolute Gasteiger partial charge is 0.396 e. The summed E-state index contributed by atoms with van der Waals surface area (Å²) in [6.45, 7) is 5.31. The maximum atomic E-state index is 9.04. The minimum Gasteiger partial charge on any atom is -0.396 e. The molecule has 68 valence electrons. The molecule has 0 radical (unpaired) electrons. The molecule has 0 aliphatic rings. The second kappa shape index (κ2) is 5.56. The van der Waals surface area contributed by atoms with Gasteiger partial charge in [0.1, 0.15) is 0 Å². The zero-order valence-corrected chi connectivity index (χ0v) is 7.89. The second-order valence-corrected chi connectivity index (χ2v) is 3.42. The quantitative estimate of drug-likeness (QED) is 0.601. The van der Waals surface area contributed by atoms with E-state index in [4.69, 9.17) is 9.84 Å². The molecule has 2 heteroatoms. The predicted octanol–water partition coefficient (Wildman–Crippen LogP) is 1.82. The summed E-state index contributed by atoms with van der Waals surface area (Å²) in [5.74, 6) is 0. The van der Waals surface area contributed by atoms with E-state index in [1.807, 2.05) is 0 Å². The molecule has 0 rings (SSSR count). The first-order valence-corrected chi connectivity index (χ1v) is 4.28. The Morgan fingerprint density at radius 3 is 2.45 bits per heavy atom. The summed E-state index contributed by atoms with van der Waals surface area (Å²) in [6, 6.07) is 0. The third-order valence-electron chi connectivity index (χ3n) is 2.36. The van der Waals surface area contributed by atoms with Crippen LogP contribution in [0.4, 0.5) is 0 Å². The molecule has 11 heavy (non-hydrogen) atoms. The van der Waals surface area contributed by atoms with E-state index < -0.39 is 0 Å². The second-order valence-electron chi connectivity index (χ2n) is 3.42. The fourth-order valence-electron chi connectivity index (χ4n) is 1.01. The van der Waals surface area contributed by atoms with Crippen LogP contribution in [0.5, 0.6) is 0 Å². The van der Waals surface area contributed by atoms with Crippen molar-refractivity contribution < 1.29 is 9.84 Å². The highest BCUT2D eigenvalue weighted by Gasteiger charge is 2.19. The van der Waals surface area contributed by atoms with Crippen molar-refractivity contribution in [3.8, 4) is 0 Å². The number of aliphatic hydroxyl groups is 1. The van der Waals surface area contributed by atoms with Gasteiger partial charge >= 0.3 is 0 Å². The fourth-order valence-corrected chi connectivity index (χ4v) is 1.01. The van der Waals surface area contributed by atoms with Crippen molar-refractivity contribution in [2.45, 2.75) is 33.1 Å². The molecule has 0 aliphatic carbocycles. The Hall–Kier alpha value is -0.0800. The van der Waals surface area contributed by atoms with Gasteiger partial charge in [0.25, 0.3) is 0 Å². The Morgan fingerprint density at radius 2 is 2.09 bits per heavy atom. The van der Waals surface area contributed by atoms with Crippen molar-refractivity contribution in [1.29, 1.82) is 0 Å². The summed E-state index contributed by atoms with van der Waals surface area (Å²) in [4.78, 5) is 0. The topological polar surface area (TPSA) is 29.5 Å². The van der Waals surface area contributed by atoms with Crippen molar-refractivity contribution in [2.75, 3.05) is 20.3 Å². The number of hydrogen-bond donors (Lipinski definition) is 1. The van der Waals surface area contributed by atoms with Crippen LogP contribution in [-0.4, -0.2) is 25.4 Å². The van der Waals surface area contributed by atoms with Crippen molar-refractivity contribution in [2.24, 2.45) is 5.41 Å². The van der Waals surface area contributed by atoms with Crippen LogP contribution in [0.15, 0.2) is 0 Å². The molecule has 0 bridgehead atoms. The smallest absolute Gasteiger partial charge is 0.0484 e. The zero-order valence-electron chi connectivity index (χ0n) is 7.89. The van der Waals surface area contributed by atoms with Gasteiger partial charge in [-0.15, -0.1) is 0 Å². The van der Waals surface area contributed by atoms with E-state index in [0.29, 0.717) is 0 Å². The van der Waals surface area contributed by atoms with Gasteiger partial charge in [-0.05, 0) is 24.7 Å². The number of methoxy groups -OCH3 is 1. The average Bonchev–Trinajstić information content (AvgIpc) is 2.05. The van der Waals surface area contributed by atoms with Gasteiger partial charge in [0.2, 0.25) is 0 Å². The summed E-state index contributed by atoms with van der Waals surface area (Å²) in [7, 11) is 1.71. The normalized spacial score (nSPS) is 16.4. The molecule has 0 aromatic carbocycles. The molecule has 1 atom stereocenters. The van der Waals surface area contributed by atoms with Crippen LogP contribution in [0, 0.1) is 5.41 Å². The zero-order chi connectivity index (χ0) is 8.74. The lowest BCUT2D eigenvalue weighted by atomic mass is 9.84. The lowest BCUT2D eigenvalue weighted by Crippen LogP contribution is -2.20. The van der Waals surface area contributed by atoms with Crippen molar-refractivity contribution in [1.82, 2.24) is 0 Å². The molecule has 1 unspecified atom stereocenters. The maximum Gasteiger partial charge on any atom is 0.0484 e. The van der Waals surface area contributed by atoms with E-state index in [1.54, 1.807) is 7.11 Å². The van der Waals surface area contributed by atoms with Gasteiger partial charge in [-0.25, -0.2) is 0 Å². The molecule has 2 nitrogen and oxygen atoms in total. The first-order chi connectivity index (χ1) is 5.18. The van der Waals surface area contributed by atoms with Crippen molar-refractivity contribution in [3.63, 3.8) is 0 Å². The summed E-state index contributed by atoms with van der Waals surface area (Å²) in [5.41, 5.74) is 0.110. The molecular weight excluding hydrogens is 140 g/mol. The molecule has 0 spiro atoms. The standard InChI is InChI=1S/C9H20O2/c1-4-9(2,8-10)6-5-7-11-3/h10H,4-8H2,1-3H3. The minimum atomic E-state index is 0.110. The number of hydrogen-bond acceptors (Lipinski definition) is 2. The van der Waals surface area contributed by atoms with Crippen molar-refractivity contribution >= 4 is 0 Å². The lowest BCUT2D eigenvalue weighted by Gasteiger charge is -2.25. The summed E-state index contributed by atoms with van der Waals surface area (Å²) in [5, 5.41) is 9.04. The van der Waals surface area contributed by atoms with Gasteiger partial charge in [0, 0.05) is 20.3 Å². The average molecular weight is 160 g/mol. The van der Waals surface area contributed by atoms with Gasteiger partial charge in [-0.3, -0.25) is 0 Å². The van der Waals surface area contributed by atoms with Crippen LogP contribution in [-0.2, 0) is 4.74 Å². The van der Waals surface area contributed by atoms with E-state index >= 15 is 0 Å². The highest BCUT2D eigenvalue weighted by atomic mass is 16.5. The molecule has 0 saturated carbocycles. The summed E-state index contributed by atoms with van der Waals surface area (Å²) in [6.07, 6.45) is 3.13. The third-order valence-corrected chi connectivity index (χ3v) is 2.36. The van der Waals surface area contributed by atoms with Gasteiger partial charge in [0.15, 0.2) is 0 Å². The Kier molecular flexibility index (Phi) is 5.51. The SMILES string of the molecule is CCC(C)(CO)CCCOC. The molecule has 1 N–H and O–H groups in total. The van der Waals surface area contributed by atoms with Crippen LogP contribution >= 0.6 is 0 Å². The van der Waals surface area contributed by atoms with Crippen LogP contribution in [0.1, 0.15) is 33.1 Å². The van der Waals surface area contributed by atoms with E-state index in [1.165, 1.54) is 0 Å². The van der Waals surface area contributed by atoms with Gasteiger partial charge < -0.3 is 9.84 Å². The van der Waals surface area contributed by atoms with Crippen LogP contribution in [0.25, 0.3) is 0 Å². The Labute approximate surface area is 69.6 Å². The van der Waals surface area contributed by atoms with E-state index in [9.17, 15) is 0 Å². The molecule has 0 amide bonds. The number of aliphatic hydroxyl groups excluding tert-OH is 1. The van der Waals surface area contributed by atoms with E-state index in [-0.39, 0.29) is 12.0 Å². The molecule has 0 saturated heterocycles. The Balaban J connectivity index is 3.51. The summed E-state index contributed by atoms with van der Waals surface area (Å²) < 4.78 is 4.94. The number of rotatable bonds is 6. The maximum absolute atomic E-state index is 9.04. The first kappa shape index (κ1) is 10.9. The molecule has 0 aromatic heterocycles. The van der Waals surface area contributed by atoms with Crippen LogP contribution in [0.3, 0.4) is 0 Å². The Bertz CT molecular complexity index is 87.6. The molecular formula is C9H20O2. The van der Waals surface area contributed by atoms with Crippen molar-refractivity contribution in [3.05, 3.63) is 0 Å². The predicted molar refractivity (Wildman–Crippen MR) is 46.6 cm³/mol. The third kappa shape index (κ3) is 4.38. The first-order valence-electron chi connectivity index (χ1n) is 4.28. The van der Waals surface area contributed by atoms with Crippen LogP contribution in [0.2, 0.25) is 0 Å². The van der Waals surface area contributed by atoms with Crippen LogP contribution < -0.4 is 0 Å². The van der Waals surface area contributed by atoms with E-state index in [0.717, 1.165) is 25.9 Å². The van der Waals surface area contributed by atoms with Gasteiger partial charge in [-0.1, -0.05) is 13.8 Å². The fraction of sp³-hybridized carbons (Fsp3) is 1.00. The summed E-state index contributed by atoms with van der Waals surface area (Å²) >= 11 is 0. The Morgan fingerprint density at radius 1 is 1.45 bits per heavy atom. The van der Waals surface area contributed by atoms with Gasteiger partial charge in [0.05, 0.1) is 0 Å². The van der Waals surface area contributed by atoms with E-state index in [2.05, 4.69) is 13.8 Å². The van der Waals surface area contributed by atoms with Gasteiger partial charge in [-0.2, -0.15) is 0 Å². The number of ether oxygens (including phenoxy) is 1. The lowest BCUT2D eigenvalue weighted by molar-refractivity contribution is 0.109. The monoisotopic (exact) mass is 160 g/mol. The molecule has 0 aliphatic heterocycles. The minimum absolute atomic E-state index is 0.110.